The van der Waals surface area contributed by atoms with Gasteiger partial charge in [0.15, 0.2) is 0 Å². The third-order valence-electron chi connectivity index (χ3n) is 3.66. The van der Waals surface area contributed by atoms with Gasteiger partial charge >= 0.3 is 0 Å². The number of benzene rings is 4. The molecule has 4 rings (SSSR count). The summed E-state index contributed by atoms with van der Waals surface area (Å²) >= 11 is 0. The molecule has 1 heteroatoms. The molecule has 0 saturated heterocycles. The van der Waals surface area contributed by atoms with Crippen LogP contribution in [-0.4, -0.2) is 0 Å². The average Bonchev–Trinajstić information content (AvgIpc) is 2.55. The molecule has 0 aliphatic rings. The first-order chi connectivity index (χ1) is 9.92. The van der Waals surface area contributed by atoms with Crippen LogP contribution in [0.2, 0.25) is 0 Å². The fourth-order valence-corrected chi connectivity index (χ4v) is 2.66. The average molecular weight is 341 g/mol. The quantitative estimate of drug-likeness (QED) is 0.327. The summed E-state index contributed by atoms with van der Waals surface area (Å²) in [5, 5.41) is 4.96. The zero-order valence-electron chi connectivity index (χ0n) is 11.5. The normalized spacial score (nSPS) is 10.5. The van der Waals surface area contributed by atoms with Gasteiger partial charge in [0, 0.05) is 32.7 Å². The smallest absolute Gasteiger partial charge is 0 e. The van der Waals surface area contributed by atoms with E-state index in [0.29, 0.717) is 0 Å². The molecule has 0 unspecified atom stereocenters. The van der Waals surface area contributed by atoms with E-state index in [4.69, 9.17) is 0 Å². The molecule has 21 heavy (non-hydrogen) atoms. The Morgan fingerprint density at radius 2 is 1.48 bits per heavy atom. The van der Waals surface area contributed by atoms with Gasteiger partial charge in [-0.1, -0.05) is 35.7 Å². The molecule has 0 spiro atoms. The second kappa shape index (κ2) is 6.09. The Morgan fingerprint density at radius 1 is 0.619 bits per heavy atom. The van der Waals surface area contributed by atoms with Crippen molar-refractivity contribution in [2.75, 3.05) is 0 Å². The maximum atomic E-state index is 3.50. The van der Waals surface area contributed by atoms with Crippen molar-refractivity contribution in [3.63, 3.8) is 0 Å². The zero-order chi connectivity index (χ0) is 13.4. The fourth-order valence-electron chi connectivity index (χ4n) is 2.66. The second-order valence-electron chi connectivity index (χ2n) is 4.90. The van der Waals surface area contributed by atoms with Gasteiger partial charge in [0.1, 0.15) is 0 Å². The van der Waals surface area contributed by atoms with Crippen LogP contribution in [-0.2, 0) is 32.7 Å². The summed E-state index contributed by atoms with van der Waals surface area (Å²) in [6.07, 6.45) is 0. The molecule has 4 aromatic carbocycles. The molecular formula is C20H12Y-2. The Morgan fingerprint density at radius 3 is 2.33 bits per heavy atom. The first kappa shape index (κ1) is 14.4. The third-order valence-corrected chi connectivity index (χ3v) is 3.66. The van der Waals surface area contributed by atoms with Gasteiger partial charge in [-0.2, -0.15) is 42.0 Å². The van der Waals surface area contributed by atoms with E-state index in [1.165, 1.54) is 16.2 Å². The van der Waals surface area contributed by atoms with Crippen LogP contribution in [0.15, 0.2) is 72.8 Å². The zero-order valence-corrected chi connectivity index (χ0v) is 14.3. The number of hydrogen-bond acceptors (Lipinski definition) is 0. The van der Waals surface area contributed by atoms with Crippen LogP contribution >= 0.6 is 0 Å². The van der Waals surface area contributed by atoms with Crippen LogP contribution in [0.1, 0.15) is 0 Å². The molecule has 1 radical (unpaired) electrons. The molecule has 0 fully saturated rings. The minimum Gasteiger partial charge on any atom is -0.209 e. The molecule has 0 aromatic heterocycles. The van der Waals surface area contributed by atoms with E-state index in [2.05, 4.69) is 66.7 Å². The summed E-state index contributed by atoms with van der Waals surface area (Å²) in [5.41, 5.74) is 2.18. The van der Waals surface area contributed by atoms with Crippen LogP contribution in [0.5, 0.6) is 0 Å². The van der Waals surface area contributed by atoms with Crippen molar-refractivity contribution in [2.45, 2.75) is 0 Å². The van der Waals surface area contributed by atoms with E-state index in [1.54, 1.807) is 0 Å². The maximum Gasteiger partial charge on any atom is 0 e. The molecule has 0 saturated carbocycles. The van der Waals surface area contributed by atoms with Crippen molar-refractivity contribution >= 4 is 21.5 Å². The molecule has 0 bridgehead atoms. The van der Waals surface area contributed by atoms with E-state index in [-0.39, 0.29) is 32.7 Å². The Kier molecular flexibility index (Phi) is 4.19. The van der Waals surface area contributed by atoms with Gasteiger partial charge in [-0.05, 0) is 10.8 Å². The van der Waals surface area contributed by atoms with Gasteiger partial charge in [0.2, 0.25) is 0 Å². The van der Waals surface area contributed by atoms with Gasteiger partial charge in [0.05, 0.1) is 0 Å². The Balaban J connectivity index is 0.00000132. The van der Waals surface area contributed by atoms with E-state index < -0.39 is 0 Å². The van der Waals surface area contributed by atoms with Gasteiger partial charge in [-0.25, -0.2) is 5.56 Å². The molecule has 0 aliphatic carbocycles. The first-order valence-electron chi connectivity index (χ1n) is 6.73. The van der Waals surface area contributed by atoms with Crippen LogP contribution in [0.3, 0.4) is 0 Å². The molecule has 0 amide bonds. The largest absolute Gasteiger partial charge is 0.209 e. The van der Waals surface area contributed by atoms with E-state index in [0.717, 1.165) is 16.5 Å². The van der Waals surface area contributed by atoms with E-state index in [1.807, 2.05) is 18.2 Å². The van der Waals surface area contributed by atoms with Crippen LogP contribution < -0.4 is 0 Å². The Hall–Kier alpha value is -1.50. The predicted molar refractivity (Wildman–Crippen MR) is 84.6 cm³/mol. The van der Waals surface area contributed by atoms with Crippen LogP contribution in [0.4, 0.5) is 0 Å². The topological polar surface area (TPSA) is 0 Å². The minimum absolute atomic E-state index is 0. The van der Waals surface area contributed by atoms with E-state index in [9.17, 15) is 0 Å². The van der Waals surface area contributed by atoms with Gasteiger partial charge in [0.25, 0.3) is 0 Å². The number of hydrogen-bond donors (Lipinski definition) is 0. The van der Waals surface area contributed by atoms with Gasteiger partial charge in [-0.15, -0.1) is 23.6 Å². The van der Waals surface area contributed by atoms with Crippen LogP contribution in [0, 0.1) is 12.1 Å². The summed E-state index contributed by atoms with van der Waals surface area (Å²) in [4.78, 5) is 0. The van der Waals surface area contributed by atoms with Gasteiger partial charge in [-0.3, -0.25) is 0 Å². The van der Waals surface area contributed by atoms with Crippen molar-refractivity contribution < 1.29 is 32.7 Å². The monoisotopic (exact) mass is 341 g/mol. The Bertz CT molecular complexity index is 895. The molecule has 0 atom stereocenters. The maximum absolute atomic E-state index is 3.50. The minimum atomic E-state index is 0. The third kappa shape index (κ3) is 2.66. The predicted octanol–water partition coefficient (Wildman–Crippen LogP) is 5.26. The van der Waals surface area contributed by atoms with Gasteiger partial charge < -0.3 is 0 Å². The molecule has 0 heterocycles. The summed E-state index contributed by atoms with van der Waals surface area (Å²) in [6, 6.07) is 31.9. The first-order valence-corrected chi connectivity index (χ1v) is 6.73. The SMILES string of the molecule is [Y].[c-]1ccccc1-c1[c-]c2ccc3ccccc3c2cc1. The van der Waals surface area contributed by atoms with E-state index >= 15 is 0 Å². The summed E-state index contributed by atoms with van der Waals surface area (Å²) < 4.78 is 0. The molecule has 0 N–H and O–H groups in total. The van der Waals surface area contributed by atoms with Crippen LogP contribution in [0.25, 0.3) is 32.7 Å². The van der Waals surface area contributed by atoms with Crippen molar-refractivity contribution in [2.24, 2.45) is 0 Å². The summed E-state index contributed by atoms with van der Waals surface area (Å²) in [5.74, 6) is 0. The van der Waals surface area contributed by atoms with Crippen molar-refractivity contribution in [3.8, 4) is 11.1 Å². The summed E-state index contributed by atoms with van der Waals surface area (Å²) in [7, 11) is 0. The second-order valence-corrected chi connectivity index (χ2v) is 4.90. The molecule has 4 aromatic rings. The molecule has 0 aliphatic heterocycles. The van der Waals surface area contributed by atoms with Crippen molar-refractivity contribution in [1.29, 1.82) is 0 Å². The summed E-state index contributed by atoms with van der Waals surface area (Å²) in [6.45, 7) is 0. The fraction of sp³-hybridized carbons (Fsp3) is 0. The van der Waals surface area contributed by atoms with Crippen molar-refractivity contribution in [1.82, 2.24) is 0 Å². The Labute approximate surface area is 149 Å². The molecule has 0 nitrogen and oxygen atoms in total. The standard InChI is InChI=1S/C20H12.Y/c1-2-6-15(7-3-1)17-12-13-20-18(14-17)11-10-16-8-4-5-9-19(16)20;/h1-6,8-13H;/q-2;. The molecule has 97 valence electrons. The number of fused-ring (bicyclic) bond motifs is 3. The van der Waals surface area contributed by atoms with Crippen molar-refractivity contribution in [3.05, 3.63) is 84.9 Å². The number of rotatable bonds is 1. The molecular weight excluding hydrogens is 329 g/mol.